The molecule has 1 N–H and O–H groups in total. The first-order valence-electron chi connectivity index (χ1n) is 9.73. The van der Waals surface area contributed by atoms with Crippen LogP contribution in [0.1, 0.15) is 16.9 Å². The molecule has 0 unspecified atom stereocenters. The Labute approximate surface area is 189 Å². The maximum absolute atomic E-state index is 12.4. The SMILES string of the molecule is Cc1ccc(C)c(-n2c(SCC(=O)NCc3ccco3)nnc2-c2ccccc2Cl)c1. The lowest BCUT2D eigenvalue weighted by Crippen LogP contribution is -2.24. The fourth-order valence-corrected chi connectivity index (χ4v) is 4.13. The topological polar surface area (TPSA) is 73.0 Å². The number of amides is 1. The van der Waals surface area contributed by atoms with Crippen LogP contribution in [-0.2, 0) is 11.3 Å². The van der Waals surface area contributed by atoms with Crippen molar-refractivity contribution in [2.24, 2.45) is 0 Å². The Hall–Kier alpha value is -3.03. The van der Waals surface area contributed by atoms with Gasteiger partial charge in [-0.15, -0.1) is 10.2 Å². The summed E-state index contributed by atoms with van der Waals surface area (Å²) in [4.78, 5) is 12.4. The van der Waals surface area contributed by atoms with E-state index in [-0.39, 0.29) is 11.7 Å². The third-order valence-electron chi connectivity index (χ3n) is 4.73. The molecule has 0 aliphatic heterocycles. The van der Waals surface area contributed by atoms with Gasteiger partial charge in [0.2, 0.25) is 5.91 Å². The lowest BCUT2D eigenvalue weighted by molar-refractivity contribution is -0.118. The minimum atomic E-state index is -0.115. The van der Waals surface area contributed by atoms with E-state index in [4.69, 9.17) is 16.0 Å². The molecular formula is C23H21ClN4O2S. The zero-order valence-electron chi connectivity index (χ0n) is 17.1. The summed E-state index contributed by atoms with van der Waals surface area (Å²) >= 11 is 7.78. The monoisotopic (exact) mass is 452 g/mol. The Bertz CT molecular complexity index is 1200. The Balaban J connectivity index is 1.64. The first-order chi connectivity index (χ1) is 15.0. The third-order valence-corrected chi connectivity index (χ3v) is 5.98. The average molecular weight is 453 g/mol. The molecule has 0 saturated carbocycles. The van der Waals surface area contributed by atoms with E-state index in [1.165, 1.54) is 11.8 Å². The number of nitrogens with one attached hydrogen (secondary N) is 1. The normalized spacial score (nSPS) is 10.9. The number of nitrogens with zero attached hydrogens (tertiary/aromatic N) is 3. The molecule has 0 bridgehead atoms. The van der Waals surface area contributed by atoms with E-state index >= 15 is 0 Å². The summed E-state index contributed by atoms with van der Waals surface area (Å²) in [6.45, 7) is 4.42. The van der Waals surface area contributed by atoms with Crippen LogP contribution in [0.2, 0.25) is 5.02 Å². The van der Waals surface area contributed by atoms with Gasteiger partial charge < -0.3 is 9.73 Å². The Kier molecular flexibility index (Phi) is 6.44. The summed E-state index contributed by atoms with van der Waals surface area (Å²) in [6.07, 6.45) is 1.58. The highest BCUT2D eigenvalue weighted by atomic mass is 35.5. The summed E-state index contributed by atoms with van der Waals surface area (Å²) < 4.78 is 7.22. The van der Waals surface area contributed by atoms with E-state index in [0.29, 0.717) is 28.3 Å². The fraction of sp³-hybridized carbons (Fsp3) is 0.174. The Morgan fingerprint density at radius 2 is 1.97 bits per heavy atom. The highest BCUT2D eigenvalue weighted by molar-refractivity contribution is 7.99. The molecule has 8 heteroatoms. The van der Waals surface area contributed by atoms with Gasteiger partial charge in [-0.1, -0.05) is 47.6 Å². The standard InChI is InChI=1S/C23H21ClN4O2S/c1-15-9-10-16(2)20(12-15)28-22(18-7-3-4-8-19(18)24)26-27-23(28)31-14-21(29)25-13-17-6-5-11-30-17/h3-12H,13-14H2,1-2H3,(H,25,29). The number of rotatable bonds is 7. The molecule has 31 heavy (non-hydrogen) atoms. The molecule has 4 rings (SSSR count). The summed E-state index contributed by atoms with van der Waals surface area (Å²) in [5.41, 5.74) is 3.93. The molecule has 0 aliphatic rings. The molecule has 2 aromatic heterocycles. The predicted molar refractivity (Wildman–Crippen MR) is 123 cm³/mol. The molecule has 0 saturated heterocycles. The molecule has 0 spiro atoms. The second-order valence-corrected chi connectivity index (χ2v) is 8.41. The van der Waals surface area contributed by atoms with Crippen molar-refractivity contribution in [3.05, 3.63) is 82.8 Å². The smallest absolute Gasteiger partial charge is 0.230 e. The molecule has 0 atom stereocenters. The van der Waals surface area contributed by atoms with Crippen LogP contribution < -0.4 is 5.32 Å². The van der Waals surface area contributed by atoms with E-state index in [0.717, 1.165) is 22.4 Å². The van der Waals surface area contributed by atoms with Crippen molar-refractivity contribution in [2.75, 3.05) is 5.75 Å². The molecular weight excluding hydrogens is 432 g/mol. The van der Waals surface area contributed by atoms with Gasteiger partial charge in [-0.05, 0) is 55.3 Å². The van der Waals surface area contributed by atoms with Crippen LogP contribution in [-0.4, -0.2) is 26.4 Å². The van der Waals surface area contributed by atoms with Crippen LogP contribution in [0.3, 0.4) is 0 Å². The second kappa shape index (κ2) is 9.41. The van der Waals surface area contributed by atoms with Crippen molar-refractivity contribution in [3.8, 4) is 17.1 Å². The number of aryl methyl sites for hydroxylation is 2. The van der Waals surface area contributed by atoms with Gasteiger partial charge in [0.05, 0.1) is 29.3 Å². The van der Waals surface area contributed by atoms with Crippen molar-refractivity contribution < 1.29 is 9.21 Å². The van der Waals surface area contributed by atoms with E-state index in [2.05, 4.69) is 33.7 Å². The number of carbonyl (C=O) groups is 1. The van der Waals surface area contributed by atoms with E-state index in [1.807, 2.05) is 48.7 Å². The van der Waals surface area contributed by atoms with Gasteiger partial charge in [0.1, 0.15) is 5.76 Å². The molecule has 6 nitrogen and oxygen atoms in total. The fourth-order valence-electron chi connectivity index (χ4n) is 3.14. The Morgan fingerprint density at radius 1 is 1.13 bits per heavy atom. The van der Waals surface area contributed by atoms with Gasteiger partial charge in [-0.25, -0.2) is 0 Å². The van der Waals surface area contributed by atoms with Crippen molar-refractivity contribution in [1.29, 1.82) is 0 Å². The van der Waals surface area contributed by atoms with Crippen LogP contribution in [0.15, 0.2) is 70.4 Å². The molecule has 0 fully saturated rings. The summed E-state index contributed by atoms with van der Waals surface area (Å²) in [5.74, 6) is 1.43. The van der Waals surface area contributed by atoms with Crippen LogP contribution in [0.25, 0.3) is 17.1 Å². The minimum Gasteiger partial charge on any atom is -0.467 e. The van der Waals surface area contributed by atoms with Crippen molar-refractivity contribution >= 4 is 29.3 Å². The Morgan fingerprint density at radius 3 is 2.74 bits per heavy atom. The molecule has 1 amide bonds. The predicted octanol–water partition coefficient (Wildman–Crippen LogP) is 5.21. The number of aromatic nitrogens is 3. The van der Waals surface area contributed by atoms with Crippen molar-refractivity contribution in [2.45, 2.75) is 25.5 Å². The first-order valence-corrected chi connectivity index (χ1v) is 11.1. The molecule has 0 aliphatic carbocycles. The third kappa shape index (κ3) is 4.84. The van der Waals surface area contributed by atoms with E-state index in [9.17, 15) is 4.79 Å². The number of carbonyl (C=O) groups excluding carboxylic acids is 1. The van der Waals surface area contributed by atoms with Crippen molar-refractivity contribution in [1.82, 2.24) is 20.1 Å². The van der Waals surface area contributed by atoms with Crippen LogP contribution in [0.5, 0.6) is 0 Å². The van der Waals surface area contributed by atoms with Gasteiger partial charge in [0.25, 0.3) is 0 Å². The number of hydrogen-bond donors (Lipinski definition) is 1. The van der Waals surface area contributed by atoms with E-state index < -0.39 is 0 Å². The van der Waals surface area contributed by atoms with E-state index in [1.54, 1.807) is 12.3 Å². The molecule has 2 aromatic carbocycles. The van der Waals surface area contributed by atoms with Gasteiger partial charge in [0, 0.05) is 5.56 Å². The lowest BCUT2D eigenvalue weighted by Gasteiger charge is -2.14. The molecule has 4 aromatic rings. The number of hydrogen-bond acceptors (Lipinski definition) is 5. The number of thioether (sulfide) groups is 1. The van der Waals surface area contributed by atoms with Gasteiger partial charge in [0.15, 0.2) is 11.0 Å². The number of furan rings is 1. The lowest BCUT2D eigenvalue weighted by atomic mass is 10.1. The number of benzene rings is 2. The van der Waals surface area contributed by atoms with Crippen molar-refractivity contribution in [3.63, 3.8) is 0 Å². The minimum absolute atomic E-state index is 0.115. The van der Waals surface area contributed by atoms with Gasteiger partial charge >= 0.3 is 0 Å². The summed E-state index contributed by atoms with van der Waals surface area (Å²) in [6, 6.07) is 17.4. The highest BCUT2D eigenvalue weighted by Gasteiger charge is 2.20. The maximum Gasteiger partial charge on any atom is 0.230 e. The molecule has 158 valence electrons. The average Bonchev–Trinajstić information content (AvgIpc) is 3.43. The zero-order valence-corrected chi connectivity index (χ0v) is 18.7. The summed E-state index contributed by atoms with van der Waals surface area (Å²) in [7, 11) is 0. The number of halogens is 1. The summed E-state index contributed by atoms with van der Waals surface area (Å²) in [5, 5.41) is 12.9. The quantitative estimate of drug-likeness (QED) is 0.390. The zero-order chi connectivity index (χ0) is 21.8. The molecule has 0 radical (unpaired) electrons. The highest BCUT2D eigenvalue weighted by Crippen LogP contribution is 2.33. The van der Waals surface area contributed by atoms with Gasteiger partial charge in [-0.2, -0.15) is 0 Å². The van der Waals surface area contributed by atoms with Crippen LogP contribution >= 0.6 is 23.4 Å². The largest absolute Gasteiger partial charge is 0.467 e. The molecule has 2 heterocycles. The van der Waals surface area contributed by atoms with Crippen LogP contribution in [0.4, 0.5) is 0 Å². The van der Waals surface area contributed by atoms with Gasteiger partial charge in [-0.3, -0.25) is 9.36 Å². The van der Waals surface area contributed by atoms with Crippen LogP contribution in [0, 0.1) is 13.8 Å². The maximum atomic E-state index is 12.4. The second-order valence-electron chi connectivity index (χ2n) is 7.06. The first kappa shape index (κ1) is 21.2.